The van der Waals surface area contributed by atoms with E-state index < -0.39 is 23.8 Å². The summed E-state index contributed by atoms with van der Waals surface area (Å²) < 4.78 is 80.7. The SMILES string of the molecule is NCNCc1ccc(/C=C/C(c2cc(Cl)c(Cl)c(Cl)c2)C(F)(F)F)cc1C(F)(F)F. The van der Waals surface area contributed by atoms with Crippen molar-refractivity contribution in [3.05, 3.63) is 73.7 Å². The van der Waals surface area contributed by atoms with Crippen molar-refractivity contribution in [2.24, 2.45) is 5.73 Å². The van der Waals surface area contributed by atoms with E-state index in [1.165, 1.54) is 12.1 Å². The van der Waals surface area contributed by atoms with Crippen LogP contribution in [0.3, 0.4) is 0 Å². The predicted octanol–water partition coefficient (Wildman–Crippen LogP) is 7.03. The van der Waals surface area contributed by atoms with Crippen LogP contribution in [0.5, 0.6) is 0 Å². The average molecular weight is 492 g/mol. The number of nitrogens with two attached hydrogens (primary N) is 1. The largest absolute Gasteiger partial charge is 0.416 e. The molecule has 0 amide bonds. The first-order chi connectivity index (χ1) is 13.8. The van der Waals surface area contributed by atoms with Gasteiger partial charge in [-0.05, 0) is 34.9 Å². The molecule has 30 heavy (non-hydrogen) atoms. The molecule has 164 valence electrons. The lowest BCUT2D eigenvalue weighted by Gasteiger charge is -2.19. The number of rotatable bonds is 6. The average Bonchev–Trinajstić information content (AvgIpc) is 2.63. The maximum Gasteiger partial charge on any atom is 0.416 e. The maximum atomic E-state index is 13.6. The van der Waals surface area contributed by atoms with Crippen molar-refractivity contribution in [1.29, 1.82) is 0 Å². The van der Waals surface area contributed by atoms with Crippen molar-refractivity contribution in [1.82, 2.24) is 5.32 Å². The highest BCUT2D eigenvalue weighted by Crippen LogP contribution is 2.41. The smallest absolute Gasteiger partial charge is 0.318 e. The van der Waals surface area contributed by atoms with Crippen LogP contribution in [0.2, 0.25) is 15.1 Å². The molecule has 0 saturated carbocycles. The molecule has 3 N–H and O–H groups in total. The molecule has 2 aromatic rings. The number of halogens is 9. The molecule has 2 nitrogen and oxygen atoms in total. The second-order valence-corrected chi connectivity index (χ2v) is 7.41. The quantitative estimate of drug-likeness (QED) is 0.259. The Kier molecular flexibility index (Phi) is 8.09. The van der Waals surface area contributed by atoms with Crippen LogP contribution in [-0.4, -0.2) is 12.8 Å². The number of hydrogen-bond donors (Lipinski definition) is 2. The normalized spacial score (nSPS) is 13.8. The van der Waals surface area contributed by atoms with Crippen LogP contribution >= 0.6 is 34.8 Å². The first-order valence-electron chi connectivity index (χ1n) is 8.35. The summed E-state index contributed by atoms with van der Waals surface area (Å²) in [7, 11) is 0. The van der Waals surface area contributed by atoms with Crippen LogP contribution in [0, 0.1) is 0 Å². The van der Waals surface area contributed by atoms with E-state index in [1.807, 2.05) is 0 Å². The third-order valence-corrected chi connectivity index (χ3v) is 5.29. The number of benzene rings is 2. The monoisotopic (exact) mass is 490 g/mol. The molecule has 1 atom stereocenters. The lowest BCUT2D eigenvalue weighted by atomic mass is 9.96. The highest BCUT2D eigenvalue weighted by molar-refractivity contribution is 6.48. The van der Waals surface area contributed by atoms with E-state index in [1.54, 1.807) is 0 Å². The molecular formula is C19H15Cl3F6N2. The van der Waals surface area contributed by atoms with Gasteiger partial charge in [0.1, 0.15) is 0 Å². The van der Waals surface area contributed by atoms with Crippen LogP contribution in [-0.2, 0) is 12.7 Å². The Bertz CT molecular complexity index is 902. The van der Waals surface area contributed by atoms with Crippen molar-refractivity contribution in [2.45, 2.75) is 24.8 Å². The minimum Gasteiger partial charge on any atom is -0.318 e. The van der Waals surface area contributed by atoms with E-state index in [2.05, 4.69) is 5.32 Å². The van der Waals surface area contributed by atoms with Gasteiger partial charge in [0.2, 0.25) is 0 Å². The van der Waals surface area contributed by atoms with Gasteiger partial charge in [-0.25, -0.2) is 0 Å². The van der Waals surface area contributed by atoms with Crippen LogP contribution in [0.1, 0.15) is 28.2 Å². The molecule has 11 heteroatoms. The van der Waals surface area contributed by atoms with Crippen LogP contribution in [0.25, 0.3) is 6.08 Å². The van der Waals surface area contributed by atoms with Gasteiger partial charge in [-0.2, -0.15) is 26.3 Å². The van der Waals surface area contributed by atoms with Gasteiger partial charge in [0.15, 0.2) is 0 Å². The number of allylic oxidation sites excluding steroid dienone is 1. The van der Waals surface area contributed by atoms with Crippen LogP contribution in [0.15, 0.2) is 36.4 Å². The first kappa shape index (κ1) is 24.8. The molecule has 0 aliphatic carbocycles. The highest BCUT2D eigenvalue weighted by Gasteiger charge is 2.39. The summed E-state index contributed by atoms with van der Waals surface area (Å²) in [4.78, 5) is 0. The van der Waals surface area contributed by atoms with Gasteiger partial charge in [0.05, 0.1) is 26.5 Å². The molecule has 0 aromatic heterocycles. The number of nitrogens with one attached hydrogen (secondary N) is 1. The van der Waals surface area contributed by atoms with E-state index in [0.29, 0.717) is 0 Å². The topological polar surface area (TPSA) is 38.0 Å². The third-order valence-electron chi connectivity index (χ3n) is 4.10. The summed E-state index contributed by atoms with van der Waals surface area (Å²) in [5.74, 6) is -2.15. The molecule has 0 radical (unpaired) electrons. The minimum atomic E-state index is -4.74. The van der Waals surface area contributed by atoms with Crippen LogP contribution in [0.4, 0.5) is 26.3 Å². The Labute approximate surface area is 183 Å². The molecule has 0 spiro atoms. The van der Waals surface area contributed by atoms with E-state index in [4.69, 9.17) is 40.5 Å². The second kappa shape index (κ2) is 9.78. The second-order valence-electron chi connectivity index (χ2n) is 6.22. The first-order valence-corrected chi connectivity index (χ1v) is 9.48. The molecule has 0 aliphatic rings. The van der Waals surface area contributed by atoms with Gasteiger partial charge in [-0.15, -0.1) is 0 Å². The molecule has 2 rings (SSSR count). The standard InChI is InChI=1S/C19H15Cl3F6N2/c20-15-6-12(7-16(21)17(15)22)13(18(23,24)25)4-2-10-1-3-11(8-30-9-29)14(5-10)19(26,27)28/h1-7,13,30H,8-9,29H2/b4-2+. The summed E-state index contributed by atoms with van der Waals surface area (Å²) in [6, 6.07) is 5.28. The Hall–Kier alpha value is -1.45. The summed E-state index contributed by atoms with van der Waals surface area (Å²) in [5.41, 5.74) is 3.84. The van der Waals surface area contributed by atoms with Crippen molar-refractivity contribution in [3.8, 4) is 0 Å². The molecule has 0 heterocycles. The molecule has 0 fully saturated rings. The van der Waals surface area contributed by atoms with E-state index in [0.717, 1.165) is 30.4 Å². The van der Waals surface area contributed by atoms with Gasteiger partial charge in [0, 0.05) is 13.2 Å². The summed E-state index contributed by atoms with van der Waals surface area (Å²) in [6.45, 7) is -0.166. The molecule has 1 unspecified atom stereocenters. The maximum absolute atomic E-state index is 13.6. The fourth-order valence-electron chi connectivity index (χ4n) is 2.69. The van der Waals surface area contributed by atoms with E-state index in [9.17, 15) is 26.3 Å². The Morgan fingerprint density at radius 3 is 2.07 bits per heavy atom. The van der Waals surface area contributed by atoms with Gasteiger partial charge < -0.3 is 11.1 Å². The molecule has 0 saturated heterocycles. The van der Waals surface area contributed by atoms with Crippen LogP contribution < -0.4 is 11.1 Å². The van der Waals surface area contributed by atoms with E-state index >= 15 is 0 Å². The minimum absolute atomic E-state index is 0.0293. The van der Waals surface area contributed by atoms with Gasteiger partial charge in [0.25, 0.3) is 0 Å². The molecular weight excluding hydrogens is 477 g/mol. The molecule has 0 bridgehead atoms. The Morgan fingerprint density at radius 1 is 0.967 bits per heavy atom. The molecule has 0 aliphatic heterocycles. The highest BCUT2D eigenvalue weighted by atomic mass is 35.5. The third kappa shape index (κ3) is 6.28. The van der Waals surface area contributed by atoms with E-state index in [-0.39, 0.29) is 45.0 Å². The zero-order valence-electron chi connectivity index (χ0n) is 15.0. The lowest BCUT2D eigenvalue weighted by Crippen LogP contribution is -2.23. The number of hydrogen-bond acceptors (Lipinski definition) is 2. The fourth-order valence-corrected chi connectivity index (χ4v) is 3.31. The van der Waals surface area contributed by atoms with Gasteiger partial charge in [-0.3, -0.25) is 0 Å². The van der Waals surface area contributed by atoms with Crippen molar-refractivity contribution < 1.29 is 26.3 Å². The zero-order valence-corrected chi connectivity index (χ0v) is 17.3. The zero-order chi connectivity index (χ0) is 22.7. The van der Waals surface area contributed by atoms with Crippen molar-refractivity contribution >= 4 is 40.9 Å². The van der Waals surface area contributed by atoms with Gasteiger partial charge in [-0.1, -0.05) is 59.1 Å². The molecule has 2 aromatic carbocycles. The van der Waals surface area contributed by atoms with Crippen molar-refractivity contribution in [3.63, 3.8) is 0 Å². The van der Waals surface area contributed by atoms with Crippen molar-refractivity contribution in [2.75, 3.05) is 6.67 Å². The lowest BCUT2D eigenvalue weighted by molar-refractivity contribution is -0.140. The van der Waals surface area contributed by atoms with Gasteiger partial charge >= 0.3 is 12.4 Å². The summed E-state index contributed by atoms with van der Waals surface area (Å²) in [6.07, 6.45) is -7.72. The summed E-state index contributed by atoms with van der Waals surface area (Å²) in [5, 5.41) is 2.15. The fraction of sp³-hybridized carbons (Fsp3) is 0.263. The predicted molar refractivity (Wildman–Crippen MR) is 107 cm³/mol. The summed E-state index contributed by atoms with van der Waals surface area (Å²) >= 11 is 17.4. The Balaban J connectivity index is 2.45. The number of alkyl halides is 6. The Morgan fingerprint density at radius 2 is 1.57 bits per heavy atom.